The van der Waals surface area contributed by atoms with Crippen molar-refractivity contribution in [2.45, 2.75) is 19.8 Å². The number of hydrogen-bond acceptors (Lipinski definition) is 4. The molecule has 0 aromatic carbocycles. The zero-order chi connectivity index (χ0) is 15.0. The van der Waals surface area contributed by atoms with Gasteiger partial charge in [0.15, 0.2) is 5.96 Å². The summed E-state index contributed by atoms with van der Waals surface area (Å²) < 4.78 is 4.86. The SMILES string of the molecule is CN=C(NCCCCSC)N1CC(C)C(C(=O)OC)C1. The summed E-state index contributed by atoms with van der Waals surface area (Å²) in [4.78, 5) is 18.2. The van der Waals surface area contributed by atoms with E-state index in [1.807, 2.05) is 11.8 Å². The van der Waals surface area contributed by atoms with Crippen molar-refractivity contribution < 1.29 is 9.53 Å². The number of aliphatic imine (C=N–C) groups is 1. The summed E-state index contributed by atoms with van der Waals surface area (Å²) in [6, 6.07) is 0. The van der Waals surface area contributed by atoms with Crippen LogP contribution in [0.3, 0.4) is 0 Å². The van der Waals surface area contributed by atoms with E-state index in [0.717, 1.165) is 25.5 Å². The smallest absolute Gasteiger partial charge is 0.310 e. The monoisotopic (exact) mass is 301 g/mol. The normalized spacial score (nSPS) is 23.0. The molecule has 116 valence electrons. The first-order chi connectivity index (χ1) is 9.63. The molecule has 1 rings (SSSR count). The number of thioether (sulfide) groups is 1. The number of hydrogen-bond donors (Lipinski definition) is 1. The van der Waals surface area contributed by atoms with Gasteiger partial charge in [-0.2, -0.15) is 11.8 Å². The number of ether oxygens (including phenoxy) is 1. The van der Waals surface area contributed by atoms with Crippen LogP contribution in [0.2, 0.25) is 0 Å². The largest absolute Gasteiger partial charge is 0.469 e. The van der Waals surface area contributed by atoms with Crippen LogP contribution < -0.4 is 5.32 Å². The fourth-order valence-corrected chi connectivity index (χ4v) is 2.99. The molecule has 6 heteroatoms. The molecule has 1 aliphatic heterocycles. The van der Waals surface area contributed by atoms with Gasteiger partial charge in [0.25, 0.3) is 0 Å². The first-order valence-corrected chi connectivity index (χ1v) is 8.55. The summed E-state index contributed by atoms with van der Waals surface area (Å²) >= 11 is 1.88. The van der Waals surface area contributed by atoms with E-state index in [-0.39, 0.29) is 11.9 Å². The van der Waals surface area contributed by atoms with Crippen LogP contribution in [0.5, 0.6) is 0 Å². The summed E-state index contributed by atoms with van der Waals surface area (Å²) in [5.74, 6) is 2.24. The number of likely N-dealkylation sites (tertiary alicyclic amines) is 1. The van der Waals surface area contributed by atoms with Gasteiger partial charge in [-0.3, -0.25) is 9.79 Å². The summed E-state index contributed by atoms with van der Waals surface area (Å²) in [6.45, 7) is 4.57. The van der Waals surface area contributed by atoms with Crippen LogP contribution in [-0.4, -0.2) is 62.6 Å². The van der Waals surface area contributed by atoms with Crippen LogP contribution in [0.1, 0.15) is 19.8 Å². The van der Waals surface area contributed by atoms with Crippen molar-refractivity contribution in [1.82, 2.24) is 10.2 Å². The van der Waals surface area contributed by atoms with Crippen LogP contribution >= 0.6 is 11.8 Å². The maximum absolute atomic E-state index is 11.7. The van der Waals surface area contributed by atoms with Gasteiger partial charge in [0.2, 0.25) is 0 Å². The lowest BCUT2D eigenvalue weighted by Crippen LogP contribution is -2.41. The Morgan fingerprint density at radius 2 is 2.20 bits per heavy atom. The average Bonchev–Trinajstić information content (AvgIpc) is 2.84. The number of unbranched alkanes of at least 4 members (excludes halogenated alkanes) is 1. The van der Waals surface area contributed by atoms with Crippen molar-refractivity contribution in [2.75, 3.05) is 45.8 Å². The number of nitrogens with one attached hydrogen (secondary N) is 1. The van der Waals surface area contributed by atoms with Crippen molar-refractivity contribution in [3.8, 4) is 0 Å². The highest BCUT2D eigenvalue weighted by Crippen LogP contribution is 2.23. The van der Waals surface area contributed by atoms with E-state index in [1.165, 1.54) is 19.3 Å². The molecule has 0 saturated carbocycles. The predicted octanol–water partition coefficient (Wildman–Crippen LogP) is 1.45. The number of esters is 1. The summed E-state index contributed by atoms with van der Waals surface area (Å²) in [6.07, 6.45) is 4.49. The van der Waals surface area contributed by atoms with Crippen LogP contribution in [0.25, 0.3) is 0 Å². The molecule has 0 aromatic rings. The molecule has 1 aliphatic rings. The number of rotatable bonds is 6. The second-order valence-corrected chi connectivity index (χ2v) is 6.17. The molecular weight excluding hydrogens is 274 g/mol. The summed E-state index contributed by atoms with van der Waals surface area (Å²) in [7, 11) is 3.25. The van der Waals surface area contributed by atoms with Gasteiger partial charge in [-0.1, -0.05) is 6.92 Å². The first kappa shape index (κ1) is 17.1. The van der Waals surface area contributed by atoms with Crippen LogP contribution in [0, 0.1) is 11.8 Å². The van der Waals surface area contributed by atoms with E-state index in [4.69, 9.17) is 4.74 Å². The molecule has 0 amide bonds. The Hall–Kier alpha value is -0.910. The molecule has 2 atom stereocenters. The van der Waals surface area contributed by atoms with Crippen molar-refractivity contribution in [3.05, 3.63) is 0 Å². The van der Waals surface area contributed by atoms with E-state index in [0.29, 0.717) is 12.5 Å². The molecule has 1 fully saturated rings. The second-order valence-electron chi connectivity index (χ2n) is 5.19. The predicted molar refractivity (Wildman–Crippen MR) is 85.2 cm³/mol. The van der Waals surface area contributed by atoms with Gasteiger partial charge in [-0.25, -0.2) is 0 Å². The van der Waals surface area contributed by atoms with Crippen molar-refractivity contribution >= 4 is 23.7 Å². The first-order valence-electron chi connectivity index (χ1n) is 7.16. The van der Waals surface area contributed by atoms with Crippen LogP contribution in [0.4, 0.5) is 0 Å². The van der Waals surface area contributed by atoms with E-state index in [9.17, 15) is 4.79 Å². The van der Waals surface area contributed by atoms with Gasteiger partial charge in [-0.15, -0.1) is 0 Å². The molecular formula is C14H27N3O2S. The Morgan fingerprint density at radius 1 is 1.45 bits per heavy atom. The topological polar surface area (TPSA) is 53.9 Å². The second kappa shape index (κ2) is 9.10. The Balaban J connectivity index is 2.41. The van der Waals surface area contributed by atoms with Crippen molar-refractivity contribution in [2.24, 2.45) is 16.8 Å². The van der Waals surface area contributed by atoms with Gasteiger partial charge >= 0.3 is 5.97 Å². The third kappa shape index (κ3) is 4.89. The van der Waals surface area contributed by atoms with Crippen LogP contribution in [0.15, 0.2) is 4.99 Å². The average molecular weight is 301 g/mol. The van der Waals surface area contributed by atoms with Gasteiger partial charge < -0.3 is 15.0 Å². The minimum Gasteiger partial charge on any atom is -0.469 e. The third-order valence-electron chi connectivity index (χ3n) is 3.69. The van der Waals surface area contributed by atoms with Crippen molar-refractivity contribution in [1.29, 1.82) is 0 Å². The van der Waals surface area contributed by atoms with E-state index in [1.54, 1.807) is 7.05 Å². The molecule has 5 nitrogen and oxygen atoms in total. The Morgan fingerprint density at radius 3 is 2.80 bits per heavy atom. The molecule has 1 heterocycles. The lowest BCUT2D eigenvalue weighted by Gasteiger charge is -2.21. The Bertz CT molecular complexity index is 336. The number of carbonyl (C=O) groups is 1. The summed E-state index contributed by atoms with van der Waals surface area (Å²) in [5, 5.41) is 3.38. The molecule has 0 aromatic heterocycles. The Kier molecular flexibility index (Phi) is 7.80. The van der Waals surface area contributed by atoms with E-state index in [2.05, 4.69) is 28.4 Å². The van der Waals surface area contributed by atoms with E-state index >= 15 is 0 Å². The molecule has 20 heavy (non-hydrogen) atoms. The molecule has 0 bridgehead atoms. The van der Waals surface area contributed by atoms with Gasteiger partial charge in [0.1, 0.15) is 0 Å². The number of methoxy groups -OCH3 is 1. The van der Waals surface area contributed by atoms with Gasteiger partial charge in [0, 0.05) is 26.7 Å². The lowest BCUT2D eigenvalue weighted by atomic mass is 9.99. The minimum atomic E-state index is -0.115. The van der Waals surface area contributed by atoms with Gasteiger partial charge in [-0.05, 0) is 30.8 Å². The standard InChI is InChI=1S/C14H27N3O2S/c1-11-9-17(10-12(11)13(18)19-3)14(15-2)16-7-5-6-8-20-4/h11-12H,5-10H2,1-4H3,(H,15,16). The third-order valence-corrected chi connectivity index (χ3v) is 4.38. The summed E-state index contributed by atoms with van der Waals surface area (Å²) in [5.41, 5.74) is 0. The fraction of sp³-hybridized carbons (Fsp3) is 0.857. The highest BCUT2D eigenvalue weighted by Gasteiger charge is 2.36. The molecule has 0 aliphatic carbocycles. The molecule has 0 spiro atoms. The zero-order valence-electron chi connectivity index (χ0n) is 13.0. The highest BCUT2D eigenvalue weighted by molar-refractivity contribution is 7.98. The quantitative estimate of drug-likeness (QED) is 0.348. The number of guanidine groups is 1. The maximum Gasteiger partial charge on any atom is 0.310 e. The number of carbonyl (C=O) groups excluding carboxylic acids is 1. The molecule has 2 unspecified atom stereocenters. The maximum atomic E-state index is 11.7. The zero-order valence-corrected chi connectivity index (χ0v) is 13.8. The lowest BCUT2D eigenvalue weighted by molar-refractivity contribution is -0.145. The fourth-order valence-electron chi connectivity index (χ4n) is 2.50. The molecule has 1 N–H and O–H groups in total. The van der Waals surface area contributed by atoms with Crippen LogP contribution in [-0.2, 0) is 9.53 Å². The molecule has 1 saturated heterocycles. The van der Waals surface area contributed by atoms with Crippen molar-refractivity contribution in [3.63, 3.8) is 0 Å². The Labute approximate surface area is 126 Å². The number of nitrogens with zero attached hydrogens (tertiary/aromatic N) is 2. The van der Waals surface area contributed by atoms with Gasteiger partial charge in [0.05, 0.1) is 13.0 Å². The van der Waals surface area contributed by atoms with E-state index < -0.39 is 0 Å². The minimum absolute atomic E-state index is 0.0463. The molecule has 0 radical (unpaired) electrons. The highest BCUT2D eigenvalue weighted by atomic mass is 32.2.